The minimum atomic E-state index is 0. The van der Waals surface area contributed by atoms with Gasteiger partial charge in [0, 0.05) is 30.9 Å². The lowest BCUT2D eigenvalue weighted by atomic mass is 10.1. The molecule has 0 fully saturated rings. The Labute approximate surface area is 133 Å². The third-order valence-electron chi connectivity index (χ3n) is 3.40. The Morgan fingerprint density at radius 2 is 2.15 bits per heavy atom. The quantitative estimate of drug-likeness (QED) is 0.874. The van der Waals surface area contributed by atoms with Gasteiger partial charge in [0.05, 0.1) is 0 Å². The Balaban J connectivity index is 0.00000180. The zero-order valence-corrected chi connectivity index (χ0v) is 13.6. The standard InChI is InChI=1S/C14H21N3O.2ClH/c1-3-17(2)9-8-16-14(18)12-4-5-13-11(10-12)6-7-15-13;;/h4-5,10,15H,3,6-9H2,1-2H3,(H,16,18);2*1H. The van der Waals surface area contributed by atoms with Gasteiger partial charge >= 0.3 is 0 Å². The van der Waals surface area contributed by atoms with E-state index < -0.39 is 0 Å². The number of anilines is 1. The number of carbonyl (C=O) groups is 1. The number of amides is 1. The van der Waals surface area contributed by atoms with Gasteiger partial charge < -0.3 is 15.5 Å². The molecule has 6 heteroatoms. The zero-order chi connectivity index (χ0) is 13.0. The van der Waals surface area contributed by atoms with Crippen LogP contribution < -0.4 is 10.6 Å². The predicted octanol–water partition coefficient (Wildman–Crippen LogP) is 2.18. The molecule has 114 valence electrons. The second-order valence-electron chi connectivity index (χ2n) is 4.70. The molecule has 1 aliphatic heterocycles. The summed E-state index contributed by atoms with van der Waals surface area (Å²) in [5.74, 6) is 0.0224. The van der Waals surface area contributed by atoms with Crippen molar-refractivity contribution in [3.8, 4) is 0 Å². The molecule has 1 aromatic rings. The second-order valence-corrected chi connectivity index (χ2v) is 4.70. The number of rotatable bonds is 5. The van der Waals surface area contributed by atoms with E-state index in [4.69, 9.17) is 0 Å². The number of hydrogen-bond acceptors (Lipinski definition) is 3. The summed E-state index contributed by atoms with van der Waals surface area (Å²) in [6.45, 7) is 5.66. The summed E-state index contributed by atoms with van der Waals surface area (Å²) in [6, 6.07) is 5.87. The Kier molecular flexibility index (Phi) is 8.62. The van der Waals surface area contributed by atoms with Gasteiger partial charge in [0.2, 0.25) is 0 Å². The van der Waals surface area contributed by atoms with Crippen molar-refractivity contribution in [1.29, 1.82) is 0 Å². The van der Waals surface area contributed by atoms with Crippen LogP contribution in [0.4, 0.5) is 5.69 Å². The van der Waals surface area contributed by atoms with Crippen molar-refractivity contribution in [1.82, 2.24) is 10.2 Å². The van der Waals surface area contributed by atoms with Gasteiger partial charge in [-0.3, -0.25) is 4.79 Å². The molecule has 1 aromatic carbocycles. The molecule has 0 atom stereocenters. The highest BCUT2D eigenvalue weighted by molar-refractivity contribution is 5.95. The average Bonchev–Trinajstić information content (AvgIpc) is 2.85. The van der Waals surface area contributed by atoms with Crippen molar-refractivity contribution in [2.45, 2.75) is 13.3 Å². The Hall–Kier alpha value is -0.970. The molecule has 20 heavy (non-hydrogen) atoms. The van der Waals surface area contributed by atoms with Crippen LogP contribution in [0.25, 0.3) is 0 Å². The second kappa shape index (κ2) is 9.06. The lowest BCUT2D eigenvalue weighted by Crippen LogP contribution is -2.32. The number of halogens is 2. The maximum Gasteiger partial charge on any atom is 0.251 e. The van der Waals surface area contributed by atoms with Crippen LogP contribution in [0, 0.1) is 0 Å². The van der Waals surface area contributed by atoms with E-state index in [0.29, 0.717) is 6.54 Å². The smallest absolute Gasteiger partial charge is 0.251 e. The minimum absolute atomic E-state index is 0. The molecule has 0 spiro atoms. The van der Waals surface area contributed by atoms with Gasteiger partial charge in [-0.2, -0.15) is 0 Å². The van der Waals surface area contributed by atoms with E-state index in [0.717, 1.165) is 37.3 Å². The fourth-order valence-corrected chi connectivity index (χ4v) is 2.07. The Bertz CT molecular complexity index is 440. The normalized spacial score (nSPS) is 11.9. The fraction of sp³-hybridized carbons (Fsp3) is 0.500. The Morgan fingerprint density at radius 1 is 1.40 bits per heavy atom. The third kappa shape index (κ3) is 4.85. The van der Waals surface area contributed by atoms with Crippen molar-refractivity contribution < 1.29 is 4.79 Å². The van der Waals surface area contributed by atoms with Crippen LogP contribution in [0.5, 0.6) is 0 Å². The molecule has 0 unspecified atom stereocenters. The summed E-state index contributed by atoms with van der Waals surface area (Å²) in [5.41, 5.74) is 3.17. The van der Waals surface area contributed by atoms with Gasteiger partial charge in [-0.05, 0) is 43.8 Å². The van der Waals surface area contributed by atoms with Crippen LogP contribution in [0.2, 0.25) is 0 Å². The van der Waals surface area contributed by atoms with Gasteiger partial charge in [0.15, 0.2) is 0 Å². The molecule has 1 heterocycles. The minimum Gasteiger partial charge on any atom is -0.384 e. The summed E-state index contributed by atoms with van der Waals surface area (Å²) in [5, 5.41) is 6.25. The lowest BCUT2D eigenvalue weighted by molar-refractivity contribution is 0.0950. The number of hydrogen-bond donors (Lipinski definition) is 2. The number of likely N-dealkylation sites (N-methyl/N-ethyl adjacent to an activating group) is 1. The number of fused-ring (bicyclic) bond motifs is 1. The molecule has 0 saturated heterocycles. The zero-order valence-electron chi connectivity index (χ0n) is 11.9. The van der Waals surface area contributed by atoms with Gasteiger partial charge in [-0.25, -0.2) is 0 Å². The highest BCUT2D eigenvalue weighted by atomic mass is 35.5. The van der Waals surface area contributed by atoms with Crippen LogP contribution in [-0.2, 0) is 6.42 Å². The lowest BCUT2D eigenvalue weighted by Gasteiger charge is -2.14. The molecule has 2 rings (SSSR count). The highest BCUT2D eigenvalue weighted by Gasteiger charge is 2.13. The number of nitrogens with zero attached hydrogens (tertiary/aromatic N) is 1. The van der Waals surface area contributed by atoms with Crippen LogP contribution in [0.3, 0.4) is 0 Å². The predicted molar refractivity (Wildman–Crippen MR) is 88.6 cm³/mol. The van der Waals surface area contributed by atoms with E-state index in [1.165, 1.54) is 5.56 Å². The van der Waals surface area contributed by atoms with Crippen molar-refractivity contribution >= 4 is 36.4 Å². The van der Waals surface area contributed by atoms with Crippen LogP contribution in [-0.4, -0.2) is 44.0 Å². The largest absolute Gasteiger partial charge is 0.384 e. The highest BCUT2D eigenvalue weighted by Crippen LogP contribution is 2.22. The van der Waals surface area contributed by atoms with Crippen molar-refractivity contribution in [3.05, 3.63) is 29.3 Å². The molecule has 0 saturated carbocycles. The van der Waals surface area contributed by atoms with Gasteiger partial charge in [-0.1, -0.05) is 6.92 Å². The van der Waals surface area contributed by atoms with Crippen molar-refractivity contribution in [2.75, 3.05) is 38.5 Å². The van der Waals surface area contributed by atoms with Crippen molar-refractivity contribution in [3.63, 3.8) is 0 Å². The number of nitrogens with one attached hydrogen (secondary N) is 2. The van der Waals surface area contributed by atoms with E-state index >= 15 is 0 Å². The van der Waals surface area contributed by atoms with Crippen molar-refractivity contribution in [2.24, 2.45) is 0 Å². The first-order chi connectivity index (χ1) is 8.70. The maximum atomic E-state index is 12.0. The first-order valence-electron chi connectivity index (χ1n) is 6.54. The SMILES string of the molecule is CCN(C)CCNC(=O)c1ccc2c(c1)CCN2.Cl.Cl. The number of benzene rings is 1. The fourth-order valence-electron chi connectivity index (χ4n) is 2.07. The van der Waals surface area contributed by atoms with Crippen LogP contribution >= 0.6 is 24.8 Å². The summed E-state index contributed by atoms with van der Waals surface area (Å²) in [4.78, 5) is 14.1. The van der Waals surface area contributed by atoms with Crippen LogP contribution in [0.1, 0.15) is 22.8 Å². The van der Waals surface area contributed by atoms with E-state index in [2.05, 4.69) is 22.5 Å². The molecular weight excluding hydrogens is 297 g/mol. The Morgan fingerprint density at radius 3 is 2.85 bits per heavy atom. The molecule has 2 N–H and O–H groups in total. The van der Waals surface area contributed by atoms with Gasteiger partial charge in [0.25, 0.3) is 5.91 Å². The molecule has 0 aromatic heterocycles. The van der Waals surface area contributed by atoms with Gasteiger partial charge in [0.1, 0.15) is 0 Å². The van der Waals surface area contributed by atoms with E-state index in [9.17, 15) is 4.79 Å². The number of carbonyl (C=O) groups excluding carboxylic acids is 1. The average molecular weight is 320 g/mol. The molecule has 0 bridgehead atoms. The molecule has 0 aliphatic carbocycles. The molecule has 0 radical (unpaired) electrons. The first kappa shape index (κ1) is 19.0. The molecule has 1 amide bonds. The topological polar surface area (TPSA) is 44.4 Å². The van der Waals surface area contributed by atoms with E-state index in [1.54, 1.807) is 0 Å². The summed E-state index contributed by atoms with van der Waals surface area (Å²) >= 11 is 0. The third-order valence-corrected chi connectivity index (χ3v) is 3.40. The summed E-state index contributed by atoms with van der Waals surface area (Å²) in [7, 11) is 2.05. The summed E-state index contributed by atoms with van der Waals surface area (Å²) in [6.07, 6.45) is 1.01. The molecule has 4 nitrogen and oxygen atoms in total. The summed E-state index contributed by atoms with van der Waals surface area (Å²) < 4.78 is 0. The first-order valence-corrected chi connectivity index (χ1v) is 6.54. The molecular formula is C14H23Cl2N3O. The monoisotopic (exact) mass is 319 g/mol. The maximum absolute atomic E-state index is 12.0. The van der Waals surface area contributed by atoms with E-state index in [1.807, 2.05) is 25.2 Å². The van der Waals surface area contributed by atoms with E-state index in [-0.39, 0.29) is 30.7 Å². The van der Waals surface area contributed by atoms with Crippen LogP contribution in [0.15, 0.2) is 18.2 Å². The van der Waals surface area contributed by atoms with Gasteiger partial charge in [-0.15, -0.1) is 24.8 Å². The molecule has 1 aliphatic rings.